The Morgan fingerprint density at radius 3 is 2.17 bits per heavy atom. The predicted octanol–water partition coefficient (Wildman–Crippen LogP) is -0.930. The van der Waals surface area contributed by atoms with E-state index in [0.717, 1.165) is 10.9 Å². The van der Waals surface area contributed by atoms with Crippen molar-refractivity contribution in [2.45, 2.75) is 56.3 Å². The summed E-state index contributed by atoms with van der Waals surface area (Å²) in [5.74, 6) is -5.67. The molecule has 1 heterocycles. The lowest BCUT2D eigenvalue weighted by Gasteiger charge is -2.24. The van der Waals surface area contributed by atoms with Crippen LogP contribution in [0.5, 0.6) is 0 Å². The number of hydrogen-bond donors (Lipinski definition) is 8. The Balaban J connectivity index is 2.19. The van der Waals surface area contributed by atoms with Crippen LogP contribution in [0.3, 0.4) is 0 Å². The van der Waals surface area contributed by atoms with E-state index in [1.165, 1.54) is 11.8 Å². The number of carbonyl (C=O) groups is 6. The van der Waals surface area contributed by atoms with Crippen LogP contribution in [0.25, 0.3) is 10.9 Å². The van der Waals surface area contributed by atoms with Crippen LogP contribution in [-0.2, 0) is 35.2 Å². The summed E-state index contributed by atoms with van der Waals surface area (Å²) in [6.45, 7) is 0. The van der Waals surface area contributed by atoms with Gasteiger partial charge in [0.2, 0.25) is 23.6 Å². The number of amides is 4. The zero-order chi connectivity index (χ0) is 29.8. The van der Waals surface area contributed by atoms with Gasteiger partial charge < -0.3 is 42.6 Å². The molecule has 0 fully saturated rings. The molecule has 0 bridgehead atoms. The molecule has 4 unspecified atom stereocenters. The average Bonchev–Trinajstić information content (AvgIpc) is 3.30. The van der Waals surface area contributed by atoms with E-state index in [0.29, 0.717) is 11.3 Å². The van der Waals surface area contributed by atoms with Crippen molar-refractivity contribution in [3.8, 4) is 0 Å². The largest absolute Gasteiger partial charge is 0.481 e. The summed E-state index contributed by atoms with van der Waals surface area (Å²) in [7, 11) is 0. The molecule has 1 aromatic heterocycles. The zero-order valence-electron chi connectivity index (χ0n) is 21.8. The van der Waals surface area contributed by atoms with E-state index in [1.54, 1.807) is 18.3 Å². The molecule has 4 atom stereocenters. The summed E-state index contributed by atoms with van der Waals surface area (Å²) in [4.78, 5) is 76.3. The van der Waals surface area contributed by atoms with E-state index in [1.807, 2.05) is 18.4 Å². The van der Waals surface area contributed by atoms with Gasteiger partial charge in [0.05, 0.1) is 12.5 Å². The normalized spacial score (nSPS) is 13.9. The first-order valence-corrected chi connectivity index (χ1v) is 13.8. The lowest BCUT2D eigenvalue weighted by atomic mass is 10.0. The van der Waals surface area contributed by atoms with E-state index in [-0.39, 0.29) is 25.7 Å². The Hall–Kier alpha value is -4.11. The van der Waals surface area contributed by atoms with Crippen molar-refractivity contribution in [1.82, 2.24) is 20.9 Å². The highest BCUT2D eigenvalue weighted by Crippen LogP contribution is 2.19. The standard InChI is InChI=1S/C25H34N6O8S/c1-40-9-8-15(26)22(35)30-18(11-21(33)34)24(37)29-17(6-7-20(27)32)23(36)31-19(25(38)39)10-13-12-28-16-5-3-2-4-14(13)16/h2-5,12,15,17-19,28H,6-11,26H2,1H3,(H2,27,32)(H,29,37)(H,30,35)(H,31,36)(H,33,34)(H,38,39). The van der Waals surface area contributed by atoms with E-state index in [4.69, 9.17) is 11.5 Å². The number of aliphatic carboxylic acids is 2. The van der Waals surface area contributed by atoms with Crippen LogP contribution in [0.15, 0.2) is 30.5 Å². The Labute approximate surface area is 234 Å². The minimum absolute atomic E-state index is 0.0901. The molecule has 10 N–H and O–H groups in total. The molecular weight excluding hydrogens is 544 g/mol. The number of para-hydroxylation sites is 1. The number of carboxylic acid groups (broad SMARTS) is 2. The minimum Gasteiger partial charge on any atom is -0.481 e. The third kappa shape index (κ3) is 9.89. The molecule has 0 aliphatic heterocycles. The number of primary amides is 1. The van der Waals surface area contributed by atoms with Crippen molar-refractivity contribution in [2.24, 2.45) is 11.5 Å². The average molecular weight is 579 g/mol. The van der Waals surface area contributed by atoms with Gasteiger partial charge in [-0.25, -0.2) is 4.79 Å². The number of H-pyrrole nitrogens is 1. The van der Waals surface area contributed by atoms with Crippen LogP contribution >= 0.6 is 11.8 Å². The second kappa shape index (κ2) is 15.5. The molecule has 0 spiro atoms. The Kier molecular flexibility index (Phi) is 12.4. The second-order valence-electron chi connectivity index (χ2n) is 9.08. The van der Waals surface area contributed by atoms with Gasteiger partial charge in [-0.1, -0.05) is 18.2 Å². The number of hydrogen-bond acceptors (Lipinski definition) is 8. The number of fused-ring (bicyclic) bond motifs is 1. The zero-order valence-corrected chi connectivity index (χ0v) is 22.7. The predicted molar refractivity (Wildman–Crippen MR) is 147 cm³/mol. The van der Waals surface area contributed by atoms with Crippen LogP contribution in [0, 0.1) is 0 Å². The van der Waals surface area contributed by atoms with Gasteiger partial charge in [0.25, 0.3) is 0 Å². The Bertz CT molecular complexity index is 1230. The van der Waals surface area contributed by atoms with E-state index in [2.05, 4.69) is 20.9 Å². The van der Waals surface area contributed by atoms with Crippen molar-refractivity contribution < 1.29 is 39.0 Å². The Morgan fingerprint density at radius 1 is 0.925 bits per heavy atom. The maximum atomic E-state index is 13.1. The van der Waals surface area contributed by atoms with Gasteiger partial charge >= 0.3 is 11.9 Å². The van der Waals surface area contributed by atoms with Gasteiger partial charge in [-0.05, 0) is 36.5 Å². The van der Waals surface area contributed by atoms with Crippen LogP contribution in [0.2, 0.25) is 0 Å². The summed E-state index contributed by atoms with van der Waals surface area (Å²) in [5.41, 5.74) is 12.4. The highest BCUT2D eigenvalue weighted by Gasteiger charge is 2.32. The molecule has 4 amide bonds. The number of rotatable bonds is 17. The van der Waals surface area contributed by atoms with Crippen LogP contribution < -0.4 is 27.4 Å². The second-order valence-corrected chi connectivity index (χ2v) is 10.1. The molecule has 2 rings (SSSR count). The smallest absolute Gasteiger partial charge is 0.326 e. The van der Waals surface area contributed by atoms with Gasteiger partial charge in [0.1, 0.15) is 18.1 Å². The molecule has 0 saturated heterocycles. The van der Waals surface area contributed by atoms with E-state index >= 15 is 0 Å². The summed E-state index contributed by atoms with van der Waals surface area (Å²) in [6, 6.07) is 1.76. The molecule has 1 aromatic carbocycles. The first-order valence-electron chi connectivity index (χ1n) is 12.4. The minimum atomic E-state index is -1.59. The summed E-state index contributed by atoms with van der Waals surface area (Å²) >= 11 is 1.45. The first kappa shape index (κ1) is 32.1. The van der Waals surface area contributed by atoms with E-state index < -0.39 is 66.2 Å². The van der Waals surface area contributed by atoms with E-state index in [9.17, 15) is 39.0 Å². The Morgan fingerprint density at radius 2 is 1.55 bits per heavy atom. The number of nitrogens with one attached hydrogen (secondary N) is 4. The van der Waals surface area contributed by atoms with Crippen molar-refractivity contribution in [3.05, 3.63) is 36.0 Å². The summed E-state index contributed by atoms with van der Waals surface area (Å²) in [6.07, 6.45) is 2.19. The molecule has 0 aliphatic carbocycles. The third-order valence-corrected chi connectivity index (χ3v) is 6.65. The van der Waals surface area contributed by atoms with Crippen molar-refractivity contribution in [2.75, 3.05) is 12.0 Å². The van der Waals surface area contributed by atoms with Crippen LogP contribution in [0.1, 0.15) is 31.2 Å². The number of nitrogens with two attached hydrogens (primary N) is 2. The van der Waals surface area contributed by atoms with Crippen molar-refractivity contribution >= 4 is 58.2 Å². The molecule has 2 aromatic rings. The lowest BCUT2D eigenvalue weighted by Crippen LogP contribution is -2.57. The van der Waals surface area contributed by atoms with Gasteiger partial charge in [-0.15, -0.1) is 0 Å². The fourth-order valence-electron chi connectivity index (χ4n) is 3.86. The van der Waals surface area contributed by atoms with Crippen LogP contribution in [0.4, 0.5) is 0 Å². The topological polar surface area (TPSA) is 247 Å². The number of aromatic amines is 1. The molecule has 0 saturated carbocycles. The number of thioether (sulfide) groups is 1. The maximum Gasteiger partial charge on any atom is 0.326 e. The summed E-state index contributed by atoms with van der Waals surface area (Å²) in [5, 5.41) is 26.7. The van der Waals surface area contributed by atoms with Crippen molar-refractivity contribution in [3.63, 3.8) is 0 Å². The third-order valence-electron chi connectivity index (χ3n) is 6.01. The molecule has 0 aliphatic rings. The van der Waals surface area contributed by atoms with Crippen LogP contribution in [-0.4, -0.2) is 86.9 Å². The van der Waals surface area contributed by atoms with Gasteiger partial charge in [0.15, 0.2) is 0 Å². The van der Waals surface area contributed by atoms with Gasteiger partial charge in [0, 0.05) is 29.9 Å². The molecule has 15 heteroatoms. The summed E-state index contributed by atoms with van der Waals surface area (Å²) < 4.78 is 0. The SMILES string of the molecule is CSCCC(N)C(=O)NC(CC(=O)O)C(=O)NC(CCC(N)=O)C(=O)NC(Cc1c[nH]c2ccccc12)C(=O)O. The highest BCUT2D eigenvalue weighted by atomic mass is 32.2. The number of benzene rings is 1. The lowest BCUT2D eigenvalue weighted by molar-refractivity contribution is -0.143. The molecule has 0 radical (unpaired) electrons. The molecule has 40 heavy (non-hydrogen) atoms. The molecule has 14 nitrogen and oxygen atoms in total. The fourth-order valence-corrected chi connectivity index (χ4v) is 4.35. The number of aromatic nitrogens is 1. The van der Waals surface area contributed by atoms with Gasteiger partial charge in [-0.2, -0.15) is 11.8 Å². The van der Waals surface area contributed by atoms with Gasteiger partial charge in [-0.3, -0.25) is 24.0 Å². The molecular formula is C25H34N6O8S. The molecule has 218 valence electrons. The maximum absolute atomic E-state index is 13.1. The highest BCUT2D eigenvalue weighted by molar-refractivity contribution is 7.98. The first-order chi connectivity index (χ1) is 18.9. The quantitative estimate of drug-likeness (QED) is 0.114. The number of carboxylic acids is 2. The monoisotopic (exact) mass is 578 g/mol. The fraction of sp³-hybridized carbons (Fsp3) is 0.440. The van der Waals surface area contributed by atoms with Crippen molar-refractivity contribution in [1.29, 1.82) is 0 Å². The number of carbonyl (C=O) groups excluding carboxylic acids is 4.